The molecule has 2 N–H and O–H groups in total. The molecule has 0 saturated heterocycles. The molecule has 40 heavy (non-hydrogen) atoms. The molecule has 7 nitrogen and oxygen atoms in total. The number of benzene rings is 3. The SMILES string of the molecule is C[C@H](OC(=O)c1cccc(S(=O)(=O)N[C@@H](C)C23CC4CC(CC(C4)C2)C3)c1)C(=O)Nc1ccc2ccccc2c1. The summed E-state index contributed by atoms with van der Waals surface area (Å²) in [5.74, 6) is 0.927. The van der Waals surface area contributed by atoms with Gasteiger partial charge in [-0.3, -0.25) is 4.79 Å². The molecule has 0 radical (unpaired) electrons. The smallest absolute Gasteiger partial charge is 0.338 e. The summed E-state index contributed by atoms with van der Waals surface area (Å²) in [5.41, 5.74) is 0.696. The van der Waals surface area contributed by atoms with Crippen molar-refractivity contribution in [2.75, 3.05) is 5.32 Å². The van der Waals surface area contributed by atoms with E-state index < -0.39 is 28.0 Å². The first-order chi connectivity index (χ1) is 19.1. The molecule has 0 heterocycles. The van der Waals surface area contributed by atoms with Gasteiger partial charge in [-0.25, -0.2) is 17.9 Å². The average molecular weight is 561 g/mol. The number of sulfonamides is 1. The maximum atomic E-state index is 13.4. The van der Waals surface area contributed by atoms with Crippen molar-refractivity contribution in [1.82, 2.24) is 4.72 Å². The van der Waals surface area contributed by atoms with Gasteiger partial charge in [0.1, 0.15) is 0 Å². The minimum atomic E-state index is -3.85. The van der Waals surface area contributed by atoms with Gasteiger partial charge in [-0.15, -0.1) is 0 Å². The molecule has 4 aliphatic carbocycles. The van der Waals surface area contributed by atoms with Crippen LogP contribution in [0, 0.1) is 23.2 Å². The van der Waals surface area contributed by atoms with Crippen LogP contribution in [0.5, 0.6) is 0 Å². The zero-order valence-electron chi connectivity index (χ0n) is 22.9. The standard InChI is InChI=1S/C32H36N2O5S/c1-20(30(35)33-28-11-10-25-6-3-4-7-26(25)15-28)39-31(36)27-8-5-9-29(16-27)40(37,38)34-21(2)32-17-22-12-23(18-32)14-24(13-22)19-32/h3-11,15-16,20-24,34H,12-14,17-19H2,1-2H3,(H,33,35)/t20-,21-,22?,23?,24?,32?/m0/s1. The number of esters is 1. The van der Waals surface area contributed by atoms with Gasteiger partial charge in [0.05, 0.1) is 10.5 Å². The van der Waals surface area contributed by atoms with Crippen LogP contribution in [0.25, 0.3) is 10.8 Å². The van der Waals surface area contributed by atoms with Crippen molar-refractivity contribution in [3.63, 3.8) is 0 Å². The number of carbonyl (C=O) groups is 2. The highest BCUT2D eigenvalue weighted by Crippen LogP contribution is 2.61. The van der Waals surface area contributed by atoms with Crippen molar-refractivity contribution >= 4 is 38.4 Å². The maximum absolute atomic E-state index is 13.4. The number of ether oxygens (including phenoxy) is 1. The van der Waals surface area contributed by atoms with E-state index in [1.54, 1.807) is 6.07 Å². The summed E-state index contributed by atoms with van der Waals surface area (Å²) in [6.45, 7) is 3.49. The fourth-order valence-corrected chi connectivity index (χ4v) is 9.11. The van der Waals surface area contributed by atoms with Crippen LogP contribution in [-0.4, -0.2) is 32.4 Å². The molecule has 4 saturated carbocycles. The largest absolute Gasteiger partial charge is 0.449 e. The molecule has 4 fully saturated rings. The van der Waals surface area contributed by atoms with Gasteiger partial charge in [0.2, 0.25) is 10.0 Å². The highest BCUT2D eigenvalue weighted by molar-refractivity contribution is 7.89. The van der Waals surface area contributed by atoms with Gasteiger partial charge in [-0.05, 0) is 117 Å². The van der Waals surface area contributed by atoms with E-state index in [-0.39, 0.29) is 21.9 Å². The lowest BCUT2D eigenvalue weighted by atomic mass is 9.48. The van der Waals surface area contributed by atoms with Gasteiger partial charge in [-0.1, -0.05) is 36.4 Å². The third kappa shape index (κ3) is 5.27. The Bertz CT molecular complexity index is 1530. The van der Waals surface area contributed by atoms with Crippen molar-refractivity contribution in [2.45, 2.75) is 69.4 Å². The molecule has 0 unspecified atom stereocenters. The van der Waals surface area contributed by atoms with Crippen molar-refractivity contribution in [2.24, 2.45) is 23.2 Å². The van der Waals surface area contributed by atoms with Gasteiger partial charge in [0.25, 0.3) is 5.91 Å². The molecule has 4 bridgehead atoms. The number of hydrogen-bond donors (Lipinski definition) is 2. The molecule has 3 aromatic carbocycles. The Labute approximate surface area is 235 Å². The Hall–Kier alpha value is -3.23. The predicted octanol–water partition coefficient (Wildman–Crippen LogP) is 5.91. The summed E-state index contributed by atoms with van der Waals surface area (Å²) in [4.78, 5) is 25.7. The first-order valence-electron chi connectivity index (χ1n) is 14.2. The highest BCUT2D eigenvalue weighted by Gasteiger charge is 2.53. The molecule has 0 spiro atoms. The molecular formula is C32H36N2O5S. The molecule has 2 atom stereocenters. The quantitative estimate of drug-likeness (QED) is 0.334. The van der Waals surface area contributed by atoms with Crippen molar-refractivity contribution in [3.05, 3.63) is 72.3 Å². The van der Waals surface area contributed by atoms with Crippen molar-refractivity contribution in [1.29, 1.82) is 0 Å². The second kappa shape index (κ2) is 10.3. The number of rotatable bonds is 8. The lowest BCUT2D eigenvalue weighted by molar-refractivity contribution is -0.123. The second-order valence-corrected chi connectivity index (χ2v) is 14.0. The molecule has 210 valence electrons. The van der Waals surface area contributed by atoms with Crippen LogP contribution in [-0.2, 0) is 19.6 Å². The highest BCUT2D eigenvalue weighted by atomic mass is 32.2. The first kappa shape index (κ1) is 27.0. The molecule has 3 aromatic rings. The number of amides is 1. The minimum absolute atomic E-state index is 0.0200. The summed E-state index contributed by atoms with van der Waals surface area (Å²) in [7, 11) is -3.85. The van der Waals surface area contributed by atoms with Crippen LogP contribution in [0.4, 0.5) is 5.69 Å². The number of hydrogen-bond acceptors (Lipinski definition) is 5. The van der Waals surface area contributed by atoms with E-state index in [0.29, 0.717) is 5.69 Å². The Morgan fingerprint density at radius 1 is 0.850 bits per heavy atom. The van der Waals surface area contributed by atoms with Crippen molar-refractivity contribution in [3.8, 4) is 0 Å². The van der Waals surface area contributed by atoms with E-state index in [0.717, 1.165) is 47.8 Å². The molecule has 7 rings (SSSR count). The van der Waals surface area contributed by atoms with Crippen LogP contribution in [0.3, 0.4) is 0 Å². The van der Waals surface area contributed by atoms with E-state index >= 15 is 0 Å². The van der Waals surface area contributed by atoms with Gasteiger partial charge >= 0.3 is 5.97 Å². The number of carbonyl (C=O) groups excluding carboxylic acids is 2. The fourth-order valence-electron chi connectivity index (χ4n) is 7.72. The van der Waals surface area contributed by atoms with E-state index in [9.17, 15) is 18.0 Å². The molecular weight excluding hydrogens is 524 g/mol. The number of fused-ring (bicyclic) bond motifs is 1. The number of nitrogens with one attached hydrogen (secondary N) is 2. The third-order valence-electron chi connectivity index (χ3n) is 9.39. The minimum Gasteiger partial charge on any atom is -0.449 e. The Morgan fingerprint density at radius 2 is 1.50 bits per heavy atom. The lowest BCUT2D eigenvalue weighted by Crippen LogP contribution is -2.55. The van der Waals surface area contributed by atoms with E-state index in [4.69, 9.17) is 4.74 Å². The Kier molecular flexibility index (Phi) is 6.95. The maximum Gasteiger partial charge on any atom is 0.338 e. The van der Waals surface area contributed by atoms with Crippen LogP contribution in [0.1, 0.15) is 62.7 Å². The summed E-state index contributed by atoms with van der Waals surface area (Å²) in [5, 5.41) is 4.81. The molecule has 8 heteroatoms. The zero-order valence-corrected chi connectivity index (χ0v) is 23.7. The lowest BCUT2D eigenvalue weighted by Gasteiger charge is -2.59. The summed E-state index contributed by atoms with van der Waals surface area (Å²) < 4.78 is 35.2. The van der Waals surface area contributed by atoms with Gasteiger partial charge in [0.15, 0.2) is 6.10 Å². The monoisotopic (exact) mass is 560 g/mol. The summed E-state index contributed by atoms with van der Waals surface area (Å²) in [6.07, 6.45) is 6.08. The average Bonchev–Trinajstić information content (AvgIpc) is 2.92. The second-order valence-electron chi connectivity index (χ2n) is 12.2. The predicted molar refractivity (Wildman–Crippen MR) is 154 cm³/mol. The van der Waals surface area contributed by atoms with Crippen molar-refractivity contribution < 1.29 is 22.7 Å². The Balaban J connectivity index is 1.10. The summed E-state index contributed by atoms with van der Waals surface area (Å²) >= 11 is 0. The number of anilines is 1. The normalized spacial score (nSPS) is 26.8. The topological polar surface area (TPSA) is 102 Å². The van der Waals surface area contributed by atoms with Gasteiger partial charge in [0, 0.05) is 11.7 Å². The van der Waals surface area contributed by atoms with Crippen LogP contribution in [0.15, 0.2) is 71.6 Å². The van der Waals surface area contributed by atoms with Gasteiger partial charge < -0.3 is 10.1 Å². The molecule has 1 amide bonds. The first-order valence-corrected chi connectivity index (χ1v) is 15.7. The van der Waals surface area contributed by atoms with Crippen LogP contribution < -0.4 is 10.0 Å². The Morgan fingerprint density at radius 3 is 2.17 bits per heavy atom. The van der Waals surface area contributed by atoms with Gasteiger partial charge in [-0.2, -0.15) is 0 Å². The van der Waals surface area contributed by atoms with E-state index in [1.165, 1.54) is 50.5 Å². The molecule has 4 aliphatic rings. The van der Waals surface area contributed by atoms with Crippen LogP contribution in [0.2, 0.25) is 0 Å². The third-order valence-corrected chi connectivity index (χ3v) is 10.9. The van der Waals surface area contributed by atoms with Crippen LogP contribution >= 0.6 is 0 Å². The molecule has 0 aliphatic heterocycles. The zero-order chi connectivity index (χ0) is 28.1. The fraction of sp³-hybridized carbons (Fsp3) is 0.438. The van der Waals surface area contributed by atoms with E-state index in [1.807, 2.05) is 43.3 Å². The molecule has 0 aromatic heterocycles. The summed E-state index contributed by atoms with van der Waals surface area (Å²) in [6, 6.07) is 19.0. The van der Waals surface area contributed by atoms with E-state index in [2.05, 4.69) is 10.0 Å².